The Morgan fingerprint density at radius 2 is 2.54 bits per heavy atom. The Kier molecular flexibility index (Phi) is 3.27. The van der Waals surface area contributed by atoms with E-state index in [1.54, 1.807) is 10.9 Å². The van der Waals surface area contributed by atoms with E-state index in [9.17, 15) is 4.79 Å². The number of anilines is 1. The number of hydrogen-bond donors (Lipinski definition) is 3. The molecule has 0 aliphatic rings. The molecule has 1 aromatic heterocycles. The number of aliphatic hydroxyl groups is 1. The highest BCUT2D eigenvalue weighted by Gasteiger charge is 2.00. The summed E-state index contributed by atoms with van der Waals surface area (Å²) in [5.74, 6) is 0. The van der Waals surface area contributed by atoms with Crippen molar-refractivity contribution in [3.8, 4) is 0 Å². The molecule has 0 aliphatic carbocycles. The molecule has 2 amide bonds. The van der Waals surface area contributed by atoms with E-state index >= 15 is 0 Å². The van der Waals surface area contributed by atoms with Gasteiger partial charge in [-0.15, -0.1) is 0 Å². The van der Waals surface area contributed by atoms with Crippen molar-refractivity contribution in [1.29, 1.82) is 0 Å². The van der Waals surface area contributed by atoms with Crippen LogP contribution in [0.25, 0.3) is 0 Å². The molecule has 0 radical (unpaired) electrons. The van der Waals surface area contributed by atoms with Gasteiger partial charge < -0.3 is 15.7 Å². The number of urea groups is 1. The van der Waals surface area contributed by atoms with Gasteiger partial charge in [0, 0.05) is 13.2 Å². The Bertz CT molecular complexity index is 284. The molecule has 6 heteroatoms. The first-order valence-corrected chi connectivity index (χ1v) is 3.88. The van der Waals surface area contributed by atoms with E-state index < -0.39 is 0 Å². The van der Waals surface area contributed by atoms with Gasteiger partial charge in [0.1, 0.15) is 0 Å². The van der Waals surface area contributed by atoms with Crippen LogP contribution in [0, 0.1) is 0 Å². The van der Waals surface area contributed by atoms with Crippen molar-refractivity contribution in [1.82, 2.24) is 15.1 Å². The highest BCUT2D eigenvalue weighted by atomic mass is 16.3. The molecule has 3 N–H and O–H groups in total. The van der Waals surface area contributed by atoms with Crippen molar-refractivity contribution in [2.75, 3.05) is 19.0 Å². The van der Waals surface area contributed by atoms with Gasteiger partial charge >= 0.3 is 6.03 Å². The standard InChI is InChI=1S/C7H12N4O2/c1-8-7(13)10-6-4-9-11(5-6)2-3-12/h4-5,12H,2-3H2,1H3,(H2,8,10,13). The van der Waals surface area contributed by atoms with Crippen molar-refractivity contribution >= 4 is 11.7 Å². The highest BCUT2D eigenvalue weighted by Crippen LogP contribution is 2.03. The average Bonchev–Trinajstić information content (AvgIpc) is 2.53. The van der Waals surface area contributed by atoms with Crippen molar-refractivity contribution < 1.29 is 9.90 Å². The minimum absolute atomic E-state index is 0.0289. The predicted octanol–water partition coefficient (Wildman–Crippen LogP) is -0.373. The number of hydrogen-bond acceptors (Lipinski definition) is 3. The Labute approximate surface area is 75.6 Å². The fourth-order valence-electron chi connectivity index (χ4n) is 0.846. The van der Waals surface area contributed by atoms with E-state index in [1.807, 2.05) is 0 Å². The van der Waals surface area contributed by atoms with Crippen LogP contribution >= 0.6 is 0 Å². The molecular weight excluding hydrogens is 172 g/mol. The third-order valence-corrected chi connectivity index (χ3v) is 1.45. The fraction of sp³-hybridized carbons (Fsp3) is 0.429. The second kappa shape index (κ2) is 4.46. The van der Waals surface area contributed by atoms with Gasteiger partial charge in [-0.05, 0) is 0 Å². The largest absolute Gasteiger partial charge is 0.394 e. The first-order valence-electron chi connectivity index (χ1n) is 3.88. The van der Waals surface area contributed by atoms with Crippen LogP contribution in [0.1, 0.15) is 0 Å². The molecule has 0 unspecified atom stereocenters. The second-order valence-electron chi connectivity index (χ2n) is 2.42. The number of aliphatic hydroxyl groups excluding tert-OH is 1. The molecule has 72 valence electrons. The molecule has 0 saturated heterocycles. The predicted molar refractivity (Wildman–Crippen MR) is 47.4 cm³/mol. The van der Waals surface area contributed by atoms with Crippen LogP contribution in [0.3, 0.4) is 0 Å². The summed E-state index contributed by atoms with van der Waals surface area (Å²) in [5.41, 5.74) is 0.604. The average molecular weight is 184 g/mol. The molecule has 1 aromatic rings. The van der Waals surface area contributed by atoms with Crippen LogP contribution in [0.2, 0.25) is 0 Å². The maximum atomic E-state index is 10.8. The zero-order valence-electron chi connectivity index (χ0n) is 7.32. The van der Waals surface area contributed by atoms with Gasteiger partial charge in [0.2, 0.25) is 0 Å². The smallest absolute Gasteiger partial charge is 0.319 e. The first-order chi connectivity index (χ1) is 6.26. The van der Waals surface area contributed by atoms with Crippen molar-refractivity contribution in [2.24, 2.45) is 0 Å². The second-order valence-corrected chi connectivity index (χ2v) is 2.42. The summed E-state index contributed by atoms with van der Waals surface area (Å²) in [7, 11) is 1.54. The fourth-order valence-corrected chi connectivity index (χ4v) is 0.846. The molecule has 1 rings (SSSR count). The van der Waals surface area contributed by atoms with E-state index in [4.69, 9.17) is 5.11 Å². The zero-order chi connectivity index (χ0) is 9.68. The van der Waals surface area contributed by atoms with Crippen LogP contribution in [0.15, 0.2) is 12.4 Å². The number of carbonyl (C=O) groups is 1. The summed E-state index contributed by atoms with van der Waals surface area (Å²) in [6, 6.07) is -0.288. The molecule has 1 heterocycles. The van der Waals surface area contributed by atoms with E-state index in [0.717, 1.165) is 0 Å². The first kappa shape index (κ1) is 9.53. The Hall–Kier alpha value is -1.56. The summed E-state index contributed by atoms with van der Waals surface area (Å²) in [4.78, 5) is 10.8. The molecule has 0 aliphatic heterocycles. The van der Waals surface area contributed by atoms with Gasteiger partial charge in [0.25, 0.3) is 0 Å². The summed E-state index contributed by atoms with van der Waals surface area (Å²) in [5, 5.41) is 17.5. The maximum absolute atomic E-state index is 10.8. The van der Waals surface area contributed by atoms with Crippen LogP contribution in [0.4, 0.5) is 10.5 Å². The number of carbonyl (C=O) groups excluding carboxylic acids is 1. The lowest BCUT2D eigenvalue weighted by Gasteiger charge is -1.99. The van der Waals surface area contributed by atoms with E-state index in [1.165, 1.54) is 13.2 Å². The molecule has 0 saturated carbocycles. The highest BCUT2D eigenvalue weighted by molar-refractivity contribution is 5.88. The molecule has 0 spiro atoms. The molecule has 13 heavy (non-hydrogen) atoms. The number of nitrogens with one attached hydrogen (secondary N) is 2. The van der Waals surface area contributed by atoms with E-state index in [0.29, 0.717) is 12.2 Å². The minimum atomic E-state index is -0.288. The third kappa shape index (κ3) is 2.75. The van der Waals surface area contributed by atoms with Crippen LogP contribution in [0.5, 0.6) is 0 Å². The number of nitrogens with zero attached hydrogens (tertiary/aromatic N) is 2. The minimum Gasteiger partial charge on any atom is -0.394 e. The Balaban J connectivity index is 2.53. The maximum Gasteiger partial charge on any atom is 0.319 e. The van der Waals surface area contributed by atoms with E-state index in [2.05, 4.69) is 15.7 Å². The molecule has 6 nitrogen and oxygen atoms in total. The van der Waals surface area contributed by atoms with Crippen LogP contribution in [-0.2, 0) is 6.54 Å². The van der Waals surface area contributed by atoms with Gasteiger partial charge in [-0.1, -0.05) is 0 Å². The number of aromatic nitrogens is 2. The van der Waals surface area contributed by atoms with Crippen LogP contribution in [-0.4, -0.2) is 34.6 Å². The summed E-state index contributed by atoms with van der Waals surface area (Å²) in [6.45, 7) is 0.455. The summed E-state index contributed by atoms with van der Waals surface area (Å²) >= 11 is 0. The number of rotatable bonds is 3. The third-order valence-electron chi connectivity index (χ3n) is 1.45. The van der Waals surface area contributed by atoms with Gasteiger partial charge in [0.15, 0.2) is 0 Å². The van der Waals surface area contributed by atoms with Gasteiger partial charge in [0.05, 0.1) is 25.0 Å². The van der Waals surface area contributed by atoms with Crippen molar-refractivity contribution in [2.45, 2.75) is 6.54 Å². The molecule has 0 atom stereocenters. The lowest BCUT2D eigenvalue weighted by atomic mass is 10.5. The van der Waals surface area contributed by atoms with Crippen molar-refractivity contribution in [3.63, 3.8) is 0 Å². The molecule has 0 bridgehead atoms. The van der Waals surface area contributed by atoms with Gasteiger partial charge in [-0.2, -0.15) is 5.10 Å². The lowest BCUT2D eigenvalue weighted by Crippen LogP contribution is -2.24. The zero-order valence-corrected chi connectivity index (χ0v) is 7.32. The topological polar surface area (TPSA) is 79.2 Å². The molecular formula is C7H12N4O2. The van der Waals surface area contributed by atoms with Crippen molar-refractivity contribution in [3.05, 3.63) is 12.4 Å². The Morgan fingerprint density at radius 1 is 1.77 bits per heavy atom. The van der Waals surface area contributed by atoms with Gasteiger partial charge in [-0.25, -0.2) is 4.79 Å². The monoisotopic (exact) mass is 184 g/mol. The summed E-state index contributed by atoms with van der Waals surface area (Å²) in [6.07, 6.45) is 3.16. The van der Waals surface area contributed by atoms with Gasteiger partial charge in [-0.3, -0.25) is 4.68 Å². The molecule has 0 fully saturated rings. The SMILES string of the molecule is CNC(=O)Nc1cnn(CCO)c1. The van der Waals surface area contributed by atoms with Crippen LogP contribution < -0.4 is 10.6 Å². The van der Waals surface area contributed by atoms with E-state index in [-0.39, 0.29) is 12.6 Å². The number of amides is 2. The normalized spacial score (nSPS) is 9.69. The Morgan fingerprint density at radius 3 is 3.15 bits per heavy atom. The molecule has 0 aromatic carbocycles. The lowest BCUT2D eigenvalue weighted by molar-refractivity contribution is 0.254. The summed E-state index contributed by atoms with van der Waals surface area (Å²) < 4.78 is 1.55. The quantitative estimate of drug-likeness (QED) is 0.599.